The zero-order chi connectivity index (χ0) is 39.4. The standard InChI is InChI=1S/C49H97NO4/c1-3-5-7-9-11-13-15-17-18-19-20-21-22-23-24-25-26-27-28-29-30-31-32-34-36-38-40-42-44-48(53)50-46(45-51)49(54)47(52)43-41-39-37-35-33-16-14-12-10-8-6-4-2/h35,37,46-47,49,51-52,54H,3-34,36,38-45H2,1-2H3,(H,50,53)/b37-35+. The summed E-state index contributed by atoms with van der Waals surface area (Å²) >= 11 is 0. The van der Waals surface area contributed by atoms with Gasteiger partial charge >= 0.3 is 0 Å². The Morgan fingerprint density at radius 2 is 0.741 bits per heavy atom. The molecule has 5 nitrogen and oxygen atoms in total. The maximum atomic E-state index is 12.4. The Balaban J connectivity index is 3.49. The van der Waals surface area contributed by atoms with E-state index in [1.165, 1.54) is 205 Å². The molecule has 54 heavy (non-hydrogen) atoms. The van der Waals surface area contributed by atoms with Crippen molar-refractivity contribution in [3.63, 3.8) is 0 Å². The number of aliphatic hydroxyl groups excluding tert-OH is 3. The molecule has 5 heteroatoms. The first-order chi connectivity index (χ1) is 26.6. The minimum Gasteiger partial charge on any atom is -0.394 e. The van der Waals surface area contributed by atoms with Crippen molar-refractivity contribution >= 4 is 5.91 Å². The predicted octanol–water partition coefficient (Wildman–Crippen LogP) is 14.4. The molecule has 1 amide bonds. The van der Waals surface area contributed by atoms with Gasteiger partial charge in [0.25, 0.3) is 0 Å². The molecule has 0 rings (SSSR count). The Bertz CT molecular complexity index is 758. The molecule has 0 spiro atoms. The van der Waals surface area contributed by atoms with Crippen molar-refractivity contribution in [2.45, 2.75) is 289 Å². The van der Waals surface area contributed by atoms with E-state index in [9.17, 15) is 20.1 Å². The number of carbonyl (C=O) groups is 1. The summed E-state index contributed by atoms with van der Waals surface area (Å²) < 4.78 is 0. The summed E-state index contributed by atoms with van der Waals surface area (Å²) in [5.41, 5.74) is 0. The van der Waals surface area contributed by atoms with Crippen molar-refractivity contribution in [2.75, 3.05) is 6.61 Å². The lowest BCUT2D eigenvalue weighted by atomic mass is 10.0. The van der Waals surface area contributed by atoms with Gasteiger partial charge in [0.05, 0.1) is 18.8 Å². The van der Waals surface area contributed by atoms with Gasteiger partial charge < -0.3 is 20.6 Å². The van der Waals surface area contributed by atoms with Gasteiger partial charge in [0.2, 0.25) is 5.91 Å². The number of unbranched alkanes of at least 4 members (excludes halogenated alkanes) is 35. The Labute approximate surface area is 338 Å². The van der Waals surface area contributed by atoms with Crippen LogP contribution in [0.15, 0.2) is 12.2 Å². The number of amides is 1. The predicted molar refractivity (Wildman–Crippen MR) is 236 cm³/mol. The van der Waals surface area contributed by atoms with Crippen LogP contribution >= 0.6 is 0 Å². The molecule has 0 aliphatic heterocycles. The Morgan fingerprint density at radius 1 is 0.444 bits per heavy atom. The molecule has 0 bridgehead atoms. The molecule has 0 saturated carbocycles. The van der Waals surface area contributed by atoms with Crippen molar-refractivity contribution in [1.82, 2.24) is 5.32 Å². The minimum atomic E-state index is -1.15. The summed E-state index contributed by atoms with van der Waals surface area (Å²) in [6.07, 6.45) is 53.5. The fraction of sp³-hybridized carbons (Fsp3) is 0.939. The molecule has 0 aliphatic carbocycles. The highest BCUT2D eigenvalue weighted by Gasteiger charge is 2.26. The maximum Gasteiger partial charge on any atom is 0.220 e. The molecular weight excluding hydrogens is 667 g/mol. The Hall–Kier alpha value is -0.910. The molecule has 322 valence electrons. The SMILES string of the molecule is CCCCCCCCC/C=C/CCCC(O)C(O)C(CO)NC(=O)CCCCCCCCCCCCCCCCCCCCCCCCCCCCCC. The van der Waals surface area contributed by atoms with Gasteiger partial charge in [0.15, 0.2) is 0 Å². The number of hydrogen-bond donors (Lipinski definition) is 4. The minimum absolute atomic E-state index is 0.150. The van der Waals surface area contributed by atoms with Crippen LogP contribution in [-0.4, -0.2) is 46.1 Å². The highest BCUT2D eigenvalue weighted by Crippen LogP contribution is 2.17. The fourth-order valence-corrected chi connectivity index (χ4v) is 7.81. The first kappa shape index (κ1) is 53.1. The molecule has 3 unspecified atom stereocenters. The molecule has 0 saturated heterocycles. The Morgan fingerprint density at radius 3 is 1.07 bits per heavy atom. The van der Waals surface area contributed by atoms with Crippen LogP contribution in [0.5, 0.6) is 0 Å². The van der Waals surface area contributed by atoms with E-state index in [-0.39, 0.29) is 12.5 Å². The van der Waals surface area contributed by atoms with Gasteiger partial charge in [-0.15, -0.1) is 0 Å². The van der Waals surface area contributed by atoms with Crippen LogP contribution in [0.4, 0.5) is 0 Å². The molecule has 3 atom stereocenters. The van der Waals surface area contributed by atoms with E-state index in [1.807, 2.05) is 0 Å². The van der Waals surface area contributed by atoms with Gasteiger partial charge in [-0.2, -0.15) is 0 Å². The average molecular weight is 764 g/mol. The van der Waals surface area contributed by atoms with Gasteiger partial charge in [-0.25, -0.2) is 0 Å². The molecule has 0 aromatic heterocycles. The second-order valence-electron chi connectivity index (χ2n) is 17.0. The lowest BCUT2D eigenvalue weighted by molar-refractivity contribution is -0.124. The highest BCUT2D eigenvalue weighted by atomic mass is 16.3. The van der Waals surface area contributed by atoms with Gasteiger partial charge in [0.1, 0.15) is 6.10 Å². The van der Waals surface area contributed by atoms with Crippen LogP contribution in [0, 0.1) is 0 Å². The second-order valence-corrected chi connectivity index (χ2v) is 17.0. The van der Waals surface area contributed by atoms with Crippen LogP contribution in [0.1, 0.15) is 271 Å². The zero-order valence-electron chi connectivity index (χ0n) is 36.6. The van der Waals surface area contributed by atoms with Crippen LogP contribution in [0.2, 0.25) is 0 Å². The van der Waals surface area contributed by atoms with E-state index in [0.29, 0.717) is 12.8 Å². The number of aliphatic hydroxyl groups is 3. The van der Waals surface area contributed by atoms with E-state index < -0.39 is 18.2 Å². The number of allylic oxidation sites excluding steroid dienone is 2. The smallest absolute Gasteiger partial charge is 0.220 e. The lowest BCUT2D eigenvalue weighted by Crippen LogP contribution is -2.50. The third-order valence-electron chi connectivity index (χ3n) is 11.6. The van der Waals surface area contributed by atoms with Crippen LogP contribution < -0.4 is 5.32 Å². The normalized spacial score (nSPS) is 13.5. The topological polar surface area (TPSA) is 89.8 Å². The number of carbonyl (C=O) groups excluding carboxylic acids is 1. The molecular formula is C49H97NO4. The maximum absolute atomic E-state index is 12.4. The fourth-order valence-electron chi connectivity index (χ4n) is 7.81. The van der Waals surface area contributed by atoms with E-state index in [0.717, 1.165) is 38.5 Å². The number of nitrogens with one attached hydrogen (secondary N) is 1. The van der Waals surface area contributed by atoms with Gasteiger partial charge in [-0.1, -0.05) is 238 Å². The number of rotatable bonds is 45. The average Bonchev–Trinajstić information content (AvgIpc) is 3.18. The summed E-state index contributed by atoms with van der Waals surface area (Å²) in [6.45, 7) is 4.17. The van der Waals surface area contributed by atoms with Crippen molar-refractivity contribution in [3.05, 3.63) is 12.2 Å². The quantitative estimate of drug-likeness (QED) is 0.0367. The third kappa shape index (κ3) is 39.3. The van der Waals surface area contributed by atoms with Crippen molar-refractivity contribution in [1.29, 1.82) is 0 Å². The molecule has 0 aromatic rings. The monoisotopic (exact) mass is 764 g/mol. The summed E-state index contributed by atoms with van der Waals surface area (Å²) in [6, 6.07) is -0.820. The summed E-state index contributed by atoms with van der Waals surface area (Å²) in [5, 5.41) is 33.5. The van der Waals surface area contributed by atoms with E-state index in [2.05, 4.69) is 31.3 Å². The van der Waals surface area contributed by atoms with E-state index >= 15 is 0 Å². The zero-order valence-corrected chi connectivity index (χ0v) is 36.6. The van der Waals surface area contributed by atoms with Gasteiger partial charge in [-0.3, -0.25) is 4.79 Å². The molecule has 0 heterocycles. The summed E-state index contributed by atoms with van der Waals surface area (Å²) in [5.74, 6) is -0.150. The van der Waals surface area contributed by atoms with Crippen molar-refractivity contribution in [2.24, 2.45) is 0 Å². The van der Waals surface area contributed by atoms with Crippen molar-refractivity contribution in [3.8, 4) is 0 Å². The molecule has 0 aromatic carbocycles. The first-order valence-corrected chi connectivity index (χ1v) is 24.5. The summed E-state index contributed by atoms with van der Waals surface area (Å²) in [4.78, 5) is 12.4. The largest absolute Gasteiger partial charge is 0.394 e. The van der Waals surface area contributed by atoms with Gasteiger partial charge in [0, 0.05) is 6.42 Å². The molecule has 0 radical (unpaired) electrons. The lowest BCUT2D eigenvalue weighted by Gasteiger charge is -2.26. The van der Waals surface area contributed by atoms with E-state index in [1.54, 1.807) is 0 Å². The second kappa shape index (κ2) is 44.8. The molecule has 4 N–H and O–H groups in total. The first-order valence-electron chi connectivity index (χ1n) is 24.5. The molecule has 0 aliphatic rings. The number of hydrogen-bond acceptors (Lipinski definition) is 4. The highest BCUT2D eigenvalue weighted by molar-refractivity contribution is 5.76. The molecule has 0 fully saturated rings. The van der Waals surface area contributed by atoms with Crippen LogP contribution in [0.25, 0.3) is 0 Å². The van der Waals surface area contributed by atoms with Gasteiger partial charge in [-0.05, 0) is 38.5 Å². The van der Waals surface area contributed by atoms with E-state index in [4.69, 9.17) is 0 Å². The third-order valence-corrected chi connectivity index (χ3v) is 11.6. The van der Waals surface area contributed by atoms with Crippen LogP contribution in [-0.2, 0) is 4.79 Å². The van der Waals surface area contributed by atoms with Crippen molar-refractivity contribution < 1.29 is 20.1 Å². The van der Waals surface area contributed by atoms with Crippen LogP contribution in [0.3, 0.4) is 0 Å². The summed E-state index contributed by atoms with van der Waals surface area (Å²) in [7, 11) is 0. The Kier molecular flexibility index (Phi) is 44.0.